The topological polar surface area (TPSA) is 52.6 Å². The number of hydrogen-bond donors (Lipinski definition) is 0. The van der Waals surface area contributed by atoms with Gasteiger partial charge in [0.15, 0.2) is 6.10 Å². The van der Waals surface area contributed by atoms with Crippen LogP contribution in [0, 0.1) is 5.92 Å². The molecule has 3 unspecified atom stereocenters. The van der Waals surface area contributed by atoms with E-state index in [0.717, 1.165) is 0 Å². The maximum Gasteiger partial charge on any atom is 0.415 e. The molecule has 0 saturated carbocycles. The van der Waals surface area contributed by atoms with Crippen LogP contribution in [-0.2, 0) is 18.2 Å². The molecule has 204 valence electrons. The first-order valence-corrected chi connectivity index (χ1v) is 15.7. The summed E-state index contributed by atoms with van der Waals surface area (Å²) in [5.74, 6) is -1.37. The highest BCUT2D eigenvalue weighted by Gasteiger charge is 2.51. The van der Waals surface area contributed by atoms with Crippen molar-refractivity contribution in [3.8, 4) is 0 Å². The molecule has 0 aliphatic rings. The highest BCUT2D eigenvalue weighted by molar-refractivity contribution is 7.74. The van der Waals surface area contributed by atoms with Crippen LogP contribution in [0.5, 0.6) is 0 Å². The molecule has 4 rings (SSSR count). The maximum atomic E-state index is 14.6. The third-order valence-corrected chi connectivity index (χ3v) is 11.6. The van der Waals surface area contributed by atoms with Crippen molar-refractivity contribution in [2.24, 2.45) is 5.92 Å². The van der Waals surface area contributed by atoms with Gasteiger partial charge in [0, 0.05) is 27.1 Å². The molecule has 0 N–H and O–H groups in total. The van der Waals surface area contributed by atoms with Crippen molar-refractivity contribution in [1.82, 2.24) is 0 Å². The van der Waals surface area contributed by atoms with Gasteiger partial charge in [-0.3, -0.25) is 9.13 Å². The van der Waals surface area contributed by atoms with Crippen molar-refractivity contribution in [1.29, 1.82) is 0 Å². The minimum absolute atomic E-state index is 0.144. The Morgan fingerprint density at radius 3 is 1.10 bits per heavy atom. The third kappa shape index (κ3) is 6.45. The first-order chi connectivity index (χ1) is 18.6. The summed E-state index contributed by atoms with van der Waals surface area (Å²) in [6, 6.07) is 32.5. The Morgan fingerprint density at radius 1 is 0.538 bits per heavy atom. The van der Waals surface area contributed by atoms with Crippen molar-refractivity contribution >= 4 is 36.0 Å². The van der Waals surface area contributed by atoms with E-state index in [1.54, 1.807) is 97.1 Å². The van der Waals surface area contributed by atoms with E-state index < -0.39 is 39.0 Å². The van der Waals surface area contributed by atoms with Gasteiger partial charge in [0.05, 0.1) is 6.10 Å². The van der Waals surface area contributed by atoms with Gasteiger partial charge in [-0.15, -0.1) is 0 Å². The van der Waals surface area contributed by atoms with Crippen LogP contribution in [0.25, 0.3) is 0 Å². The van der Waals surface area contributed by atoms with Crippen LogP contribution in [0.2, 0.25) is 0 Å². The predicted molar refractivity (Wildman–Crippen MR) is 150 cm³/mol. The van der Waals surface area contributed by atoms with E-state index in [-0.39, 0.29) is 10.6 Å². The Balaban J connectivity index is 1.72. The molecular weight excluding hydrogens is 543 g/mol. The largest absolute Gasteiger partial charge is 0.415 e. The van der Waals surface area contributed by atoms with Gasteiger partial charge in [-0.2, -0.15) is 13.2 Å². The van der Waals surface area contributed by atoms with Crippen LogP contribution in [0.4, 0.5) is 13.2 Å². The lowest BCUT2D eigenvalue weighted by molar-refractivity contribution is -0.214. The molecule has 4 nitrogen and oxygen atoms in total. The van der Waals surface area contributed by atoms with Gasteiger partial charge < -0.3 is 9.05 Å². The fourth-order valence-electron chi connectivity index (χ4n) is 4.23. The summed E-state index contributed by atoms with van der Waals surface area (Å²) in [5, 5.41) is 1.01. The molecular formula is C30H29F3O4P2. The maximum absolute atomic E-state index is 14.6. The van der Waals surface area contributed by atoms with E-state index in [0.29, 0.717) is 10.6 Å². The van der Waals surface area contributed by atoms with Crippen LogP contribution in [0.1, 0.15) is 13.8 Å². The summed E-state index contributed by atoms with van der Waals surface area (Å²) in [7, 11) is -7.97. The Kier molecular flexibility index (Phi) is 8.98. The molecule has 0 aromatic heterocycles. The molecule has 0 bridgehead atoms. The highest BCUT2D eigenvalue weighted by atomic mass is 31.2. The normalized spacial score (nSPS) is 14.9. The monoisotopic (exact) mass is 572 g/mol. The van der Waals surface area contributed by atoms with Crippen molar-refractivity contribution in [3.05, 3.63) is 121 Å². The number of halogens is 3. The van der Waals surface area contributed by atoms with Gasteiger partial charge in [-0.1, -0.05) is 79.7 Å². The first kappa shape index (κ1) is 29.0. The quantitative estimate of drug-likeness (QED) is 0.196. The first-order valence-electron chi connectivity index (χ1n) is 12.4. The molecule has 0 amide bonds. The van der Waals surface area contributed by atoms with Gasteiger partial charge in [0.2, 0.25) is 0 Å². The summed E-state index contributed by atoms with van der Waals surface area (Å²) < 4.78 is 84.1. The van der Waals surface area contributed by atoms with Crippen molar-refractivity contribution in [2.75, 3.05) is 0 Å². The molecule has 3 atom stereocenters. The van der Waals surface area contributed by atoms with E-state index in [1.807, 2.05) is 0 Å². The summed E-state index contributed by atoms with van der Waals surface area (Å²) >= 11 is 0. The summed E-state index contributed by atoms with van der Waals surface area (Å²) in [5.41, 5.74) is 0. The second-order valence-corrected chi connectivity index (χ2v) is 13.9. The molecule has 0 aliphatic carbocycles. The lowest BCUT2D eigenvalue weighted by Crippen LogP contribution is -2.43. The number of hydrogen-bond acceptors (Lipinski definition) is 4. The zero-order valence-electron chi connectivity index (χ0n) is 21.4. The minimum Gasteiger partial charge on any atom is -0.319 e. The SMILES string of the molecule is CC(OP(=O)(c1ccccc1)c1ccccc1)C(C)C(OP(=O)(c1ccccc1)c1ccccc1)C(F)(F)F. The Hall–Kier alpha value is -2.95. The standard InChI is InChI=1S/C30H29F3O4P2/c1-23(24(2)36-38(34,25-15-7-3-8-16-25)26-17-9-4-10-18-26)29(30(31,32)33)37-39(35,27-19-11-5-12-20-27)28-21-13-6-14-22-28/h3-24,29H,1-2H3. The molecule has 39 heavy (non-hydrogen) atoms. The predicted octanol–water partition coefficient (Wildman–Crippen LogP) is 6.83. The van der Waals surface area contributed by atoms with Crippen LogP contribution >= 0.6 is 14.7 Å². The second kappa shape index (κ2) is 12.1. The van der Waals surface area contributed by atoms with Crippen LogP contribution in [0.3, 0.4) is 0 Å². The smallest absolute Gasteiger partial charge is 0.319 e. The molecule has 0 saturated heterocycles. The Labute approximate surface area is 226 Å². The van der Waals surface area contributed by atoms with Crippen LogP contribution in [-0.4, -0.2) is 18.4 Å². The van der Waals surface area contributed by atoms with E-state index in [1.165, 1.54) is 38.1 Å². The molecule has 0 heterocycles. The zero-order valence-corrected chi connectivity index (χ0v) is 23.2. The summed E-state index contributed by atoms with van der Waals surface area (Å²) in [6.45, 7) is 2.74. The van der Waals surface area contributed by atoms with Crippen molar-refractivity contribution < 1.29 is 31.3 Å². The van der Waals surface area contributed by atoms with Gasteiger partial charge in [0.1, 0.15) is 0 Å². The van der Waals surface area contributed by atoms with E-state index >= 15 is 0 Å². The van der Waals surface area contributed by atoms with E-state index in [9.17, 15) is 22.3 Å². The number of rotatable bonds is 10. The summed E-state index contributed by atoms with van der Waals surface area (Å²) in [6.07, 6.45) is -8.55. The highest BCUT2D eigenvalue weighted by Crippen LogP contribution is 2.52. The zero-order chi connectivity index (χ0) is 28.1. The molecule has 4 aromatic carbocycles. The van der Waals surface area contributed by atoms with Crippen LogP contribution < -0.4 is 21.2 Å². The van der Waals surface area contributed by atoms with E-state index in [2.05, 4.69) is 0 Å². The molecule has 9 heteroatoms. The number of alkyl halides is 3. The third-order valence-electron chi connectivity index (χ3n) is 6.50. The minimum atomic E-state index is -4.89. The molecule has 0 spiro atoms. The molecule has 4 aromatic rings. The molecule has 0 fully saturated rings. The molecule has 0 radical (unpaired) electrons. The lowest BCUT2D eigenvalue weighted by atomic mass is 9.99. The average molecular weight is 573 g/mol. The fraction of sp³-hybridized carbons (Fsp3) is 0.200. The van der Waals surface area contributed by atoms with Gasteiger partial charge >= 0.3 is 6.18 Å². The summed E-state index contributed by atoms with van der Waals surface area (Å²) in [4.78, 5) is 0. The fourth-order valence-corrected chi connectivity index (χ4v) is 8.86. The van der Waals surface area contributed by atoms with Gasteiger partial charge in [-0.05, 0) is 55.5 Å². The second-order valence-electron chi connectivity index (χ2n) is 9.18. The average Bonchev–Trinajstić information content (AvgIpc) is 2.96. The van der Waals surface area contributed by atoms with Crippen molar-refractivity contribution in [3.63, 3.8) is 0 Å². The number of benzene rings is 4. The van der Waals surface area contributed by atoms with E-state index in [4.69, 9.17) is 9.05 Å². The lowest BCUT2D eigenvalue weighted by Gasteiger charge is -2.35. The Bertz CT molecular complexity index is 1350. The molecule has 0 aliphatic heterocycles. The van der Waals surface area contributed by atoms with Crippen molar-refractivity contribution in [2.45, 2.75) is 32.2 Å². The van der Waals surface area contributed by atoms with Crippen LogP contribution in [0.15, 0.2) is 121 Å². The van der Waals surface area contributed by atoms with Gasteiger partial charge in [0.25, 0.3) is 14.7 Å². The Morgan fingerprint density at radius 2 is 0.821 bits per heavy atom. The van der Waals surface area contributed by atoms with Gasteiger partial charge in [-0.25, -0.2) is 0 Å².